The second-order valence-corrected chi connectivity index (χ2v) is 13.8. The molecule has 4 aromatic carbocycles. The predicted octanol–water partition coefficient (Wildman–Crippen LogP) is 5.77. The van der Waals surface area contributed by atoms with Crippen molar-refractivity contribution in [2.24, 2.45) is 0 Å². The number of rotatable bonds is 8. The summed E-state index contributed by atoms with van der Waals surface area (Å²) in [5.74, 6) is -0.585. The minimum absolute atomic E-state index is 0.0361. The van der Waals surface area contributed by atoms with Gasteiger partial charge in [0.25, 0.3) is 0 Å². The number of hydrogen-bond donors (Lipinski definition) is 0. The van der Waals surface area contributed by atoms with E-state index in [-0.39, 0.29) is 12.2 Å². The van der Waals surface area contributed by atoms with Crippen LogP contribution in [0.15, 0.2) is 121 Å². The molecule has 0 bridgehead atoms. The summed E-state index contributed by atoms with van der Waals surface area (Å²) in [5.41, 5.74) is 0. The van der Waals surface area contributed by atoms with Crippen LogP contribution in [0.5, 0.6) is 0 Å². The molecule has 0 amide bonds. The lowest BCUT2D eigenvalue weighted by Gasteiger charge is -2.27. The first-order valence-electron chi connectivity index (χ1n) is 12.2. The lowest BCUT2D eigenvalue weighted by Crippen LogP contribution is -2.33. The topological polar surface area (TPSA) is 18.5 Å². The molecule has 0 saturated carbocycles. The SMILES string of the molecule is CC1(C)OC(CP(c2ccccc2)c2ccccc2)C(CP(c2ccccc2)c2ccccc2)O1. The lowest BCUT2D eigenvalue weighted by molar-refractivity contribution is -0.142. The second-order valence-electron chi connectivity index (χ2n) is 9.28. The molecule has 2 nitrogen and oxygen atoms in total. The first-order chi connectivity index (χ1) is 17.1. The fourth-order valence-corrected chi connectivity index (χ4v) is 9.64. The van der Waals surface area contributed by atoms with Crippen molar-refractivity contribution in [2.75, 3.05) is 12.3 Å². The summed E-state index contributed by atoms with van der Waals surface area (Å²) in [5, 5.41) is 5.53. The van der Waals surface area contributed by atoms with Crippen molar-refractivity contribution in [3.63, 3.8) is 0 Å². The molecule has 0 radical (unpaired) electrons. The van der Waals surface area contributed by atoms with Gasteiger partial charge in [-0.25, -0.2) is 0 Å². The molecule has 2 unspecified atom stereocenters. The van der Waals surface area contributed by atoms with Gasteiger partial charge in [-0.3, -0.25) is 0 Å². The van der Waals surface area contributed by atoms with Gasteiger partial charge in [-0.2, -0.15) is 0 Å². The minimum atomic E-state index is -0.585. The number of hydrogen-bond acceptors (Lipinski definition) is 2. The molecule has 178 valence electrons. The van der Waals surface area contributed by atoms with E-state index in [4.69, 9.17) is 9.47 Å². The summed E-state index contributed by atoms with van der Waals surface area (Å²) in [6.07, 6.45) is 1.97. The van der Waals surface area contributed by atoms with E-state index in [0.717, 1.165) is 12.3 Å². The maximum atomic E-state index is 6.61. The average Bonchev–Trinajstić information content (AvgIpc) is 3.20. The van der Waals surface area contributed by atoms with Gasteiger partial charge >= 0.3 is 0 Å². The predicted molar refractivity (Wildman–Crippen MR) is 152 cm³/mol. The van der Waals surface area contributed by atoms with Gasteiger partial charge in [-0.05, 0) is 50.9 Å². The molecule has 0 N–H and O–H groups in total. The standard InChI is InChI=1S/C31H32O2P2/c1-31(2)32-29(23-34(25-15-7-3-8-16-25)26-17-9-4-10-18-26)30(33-31)24-35(27-19-11-5-12-20-27)28-21-13-6-14-22-28/h3-22,29-30H,23-24H2,1-2H3. The van der Waals surface area contributed by atoms with Crippen molar-refractivity contribution in [3.8, 4) is 0 Å². The van der Waals surface area contributed by atoms with Gasteiger partial charge in [-0.15, -0.1) is 0 Å². The molecular weight excluding hydrogens is 466 g/mol. The maximum absolute atomic E-state index is 6.61. The third kappa shape index (κ3) is 6.08. The highest BCUT2D eigenvalue weighted by Gasteiger charge is 2.43. The van der Waals surface area contributed by atoms with Gasteiger partial charge in [0.2, 0.25) is 0 Å². The summed E-state index contributed by atoms with van der Waals surface area (Å²) in [6.45, 7) is 4.11. The van der Waals surface area contributed by atoms with Gasteiger partial charge in [0, 0.05) is 12.3 Å². The van der Waals surface area contributed by atoms with Crippen molar-refractivity contribution >= 4 is 37.1 Å². The van der Waals surface area contributed by atoms with Crippen LogP contribution in [0.2, 0.25) is 0 Å². The van der Waals surface area contributed by atoms with Crippen LogP contribution in [0.25, 0.3) is 0 Å². The zero-order valence-corrected chi connectivity index (χ0v) is 22.1. The Morgan fingerprint density at radius 2 is 0.743 bits per heavy atom. The molecule has 1 heterocycles. The molecule has 1 aliphatic heterocycles. The van der Waals surface area contributed by atoms with Crippen molar-refractivity contribution in [1.82, 2.24) is 0 Å². The Kier molecular flexibility index (Phi) is 7.76. The Morgan fingerprint density at radius 3 is 1.00 bits per heavy atom. The fraction of sp³-hybridized carbons (Fsp3) is 0.226. The first-order valence-corrected chi connectivity index (χ1v) is 15.3. The molecule has 1 aliphatic rings. The summed E-state index contributed by atoms with van der Waals surface area (Å²) in [4.78, 5) is 0. The zero-order chi connectivity index (χ0) is 24.1. The highest BCUT2D eigenvalue weighted by Crippen LogP contribution is 2.44. The van der Waals surface area contributed by atoms with Crippen LogP contribution < -0.4 is 21.2 Å². The van der Waals surface area contributed by atoms with Crippen molar-refractivity contribution in [2.45, 2.75) is 31.8 Å². The molecule has 4 aromatic rings. The van der Waals surface area contributed by atoms with Gasteiger partial charge in [-0.1, -0.05) is 121 Å². The van der Waals surface area contributed by atoms with E-state index in [1.165, 1.54) is 21.2 Å². The summed E-state index contributed by atoms with van der Waals surface area (Å²) >= 11 is 0. The van der Waals surface area contributed by atoms with Crippen LogP contribution >= 0.6 is 15.8 Å². The highest BCUT2D eigenvalue weighted by molar-refractivity contribution is 7.73. The van der Waals surface area contributed by atoms with Gasteiger partial charge < -0.3 is 9.47 Å². The molecule has 4 heteroatoms. The van der Waals surface area contributed by atoms with Crippen LogP contribution in [0.1, 0.15) is 13.8 Å². The van der Waals surface area contributed by atoms with E-state index in [1.54, 1.807) is 0 Å². The Bertz CT molecular complexity index is 1010. The molecule has 0 aliphatic carbocycles. The Balaban J connectivity index is 1.46. The van der Waals surface area contributed by atoms with E-state index in [1.807, 2.05) is 0 Å². The summed E-state index contributed by atoms with van der Waals surface area (Å²) in [7, 11) is -1.12. The Hall–Kier alpha value is -2.34. The normalized spacial score (nSPS) is 19.3. The number of ether oxygens (including phenoxy) is 2. The molecule has 5 rings (SSSR count). The van der Waals surface area contributed by atoms with E-state index in [0.29, 0.717) is 0 Å². The average molecular weight is 499 g/mol. The highest BCUT2D eigenvalue weighted by atomic mass is 31.1. The van der Waals surface area contributed by atoms with Gasteiger partial charge in [0.05, 0.1) is 12.2 Å². The van der Waals surface area contributed by atoms with Gasteiger partial charge in [0.1, 0.15) is 0 Å². The van der Waals surface area contributed by atoms with Crippen LogP contribution in [-0.2, 0) is 9.47 Å². The van der Waals surface area contributed by atoms with E-state index in [9.17, 15) is 0 Å². The molecule has 1 saturated heterocycles. The monoisotopic (exact) mass is 498 g/mol. The van der Waals surface area contributed by atoms with Crippen molar-refractivity contribution < 1.29 is 9.47 Å². The Morgan fingerprint density at radius 1 is 0.486 bits per heavy atom. The molecule has 0 aromatic heterocycles. The molecular formula is C31H32O2P2. The first kappa shape index (κ1) is 24.4. The van der Waals surface area contributed by atoms with Crippen molar-refractivity contribution in [1.29, 1.82) is 0 Å². The van der Waals surface area contributed by atoms with Crippen LogP contribution in [0, 0.1) is 0 Å². The van der Waals surface area contributed by atoms with Gasteiger partial charge in [0.15, 0.2) is 5.79 Å². The van der Waals surface area contributed by atoms with Crippen LogP contribution in [-0.4, -0.2) is 30.3 Å². The zero-order valence-electron chi connectivity index (χ0n) is 20.3. The quantitative estimate of drug-likeness (QED) is 0.287. The van der Waals surface area contributed by atoms with E-state index >= 15 is 0 Å². The second kappa shape index (κ2) is 11.2. The smallest absolute Gasteiger partial charge is 0.163 e. The third-order valence-electron chi connectivity index (χ3n) is 6.28. The molecule has 1 fully saturated rings. The molecule has 35 heavy (non-hydrogen) atoms. The largest absolute Gasteiger partial charge is 0.344 e. The third-order valence-corrected chi connectivity index (χ3v) is 11.4. The van der Waals surface area contributed by atoms with Crippen LogP contribution in [0.3, 0.4) is 0 Å². The minimum Gasteiger partial charge on any atom is -0.344 e. The number of benzene rings is 4. The maximum Gasteiger partial charge on any atom is 0.163 e. The lowest BCUT2D eigenvalue weighted by atomic mass is 10.3. The molecule has 0 spiro atoms. The van der Waals surface area contributed by atoms with Crippen LogP contribution in [0.4, 0.5) is 0 Å². The summed E-state index contributed by atoms with van der Waals surface area (Å²) < 4.78 is 13.2. The van der Waals surface area contributed by atoms with E-state index < -0.39 is 21.6 Å². The Labute approximate surface area is 211 Å². The van der Waals surface area contributed by atoms with Crippen molar-refractivity contribution in [3.05, 3.63) is 121 Å². The fourth-order valence-electron chi connectivity index (χ4n) is 4.73. The molecule has 2 atom stereocenters. The van der Waals surface area contributed by atoms with E-state index in [2.05, 4.69) is 135 Å². The summed E-state index contributed by atoms with van der Waals surface area (Å²) in [6, 6.07) is 43.6.